The minimum Gasteiger partial charge on any atom is -0.396 e. The summed E-state index contributed by atoms with van der Waals surface area (Å²) >= 11 is 5.86. The quantitative estimate of drug-likeness (QED) is 0.749. The molecule has 5 nitrogen and oxygen atoms in total. The Balaban J connectivity index is 1.97. The molecular weight excluding hydrogens is 262 g/mol. The van der Waals surface area contributed by atoms with E-state index in [0.717, 1.165) is 16.3 Å². The molecule has 0 aliphatic heterocycles. The molecule has 2 aromatic heterocycles. The molecule has 3 aromatic rings. The lowest BCUT2D eigenvalue weighted by Gasteiger charge is -1.97. The summed E-state index contributed by atoms with van der Waals surface area (Å²) in [6.45, 7) is 0. The van der Waals surface area contributed by atoms with Gasteiger partial charge < -0.3 is 11.5 Å². The van der Waals surface area contributed by atoms with Crippen LogP contribution in [-0.2, 0) is 6.42 Å². The van der Waals surface area contributed by atoms with E-state index in [1.807, 2.05) is 30.5 Å². The first-order chi connectivity index (χ1) is 9.11. The van der Waals surface area contributed by atoms with Crippen molar-refractivity contribution in [2.24, 2.45) is 0 Å². The first-order valence-corrected chi connectivity index (χ1v) is 6.14. The molecule has 2 heterocycles. The summed E-state index contributed by atoms with van der Waals surface area (Å²) in [4.78, 5) is 4.46. The van der Waals surface area contributed by atoms with Gasteiger partial charge in [0, 0.05) is 17.5 Å². The Kier molecular flexibility index (Phi) is 2.76. The maximum absolute atomic E-state index is 5.86. The monoisotopic (exact) mass is 273 g/mol. The maximum Gasteiger partial charge on any atom is 0.177 e. The van der Waals surface area contributed by atoms with Crippen LogP contribution in [0, 0.1) is 0 Å². The van der Waals surface area contributed by atoms with Crippen molar-refractivity contribution in [1.82, 2.24) is 14.6 Å². The van der Waals surface area contributed by atoms with Gasteiger partial charge in [0.05, 0.1) is 17.6 Å². The van der Waals surface area contributed by atoms with Crippen molar-refractivity contribution < 1.29 is 0 Å². The molecule has 0 aliphatic rings. The predicted molar refractivity (Wildman–Crippen MR) is 76.1 cm³/mol. The standard InChI is InChI=1S/C13H12ClN5/c14-9-3-1-8(2-4-9)5-10-7-19-13(17-10)11(15)6-12(16)18-19/h1-4,6-7H,5,15H2,(H2,16,18). The number of hydrogen-bond acceptors (Lipinski definition) is 4. The Morgan fingerprint density at radius 3 is 2.63 bits per heavy atom. The molecule has 0 radical (unpaired) electrons. The Labute approximate surface area is 114 Å². The molecule has 0 aliphatic carbocycles. The normalized spacial score (nSPS) is 11.0. The lowest BCUT2D eigenvalue weighted by molar-refractivity contribution is 0.944. The number of hydrogen-bond donors (Lipinski definition) is 2. The first kappa shape index (κ1) is 11.8. The molecule has 4 N–H and O–H groups in total. The van der Waals surface area contributed by atoms with E-state index in [1.54, 1.807) is 10.6 Å². The SMILES string of the molecule is Nc1cc(N)c2nc(Cc3ccc(Cl)cc3)cn2n1. The lowest BCUT2D eigenvalue weighted by Crippen LogP contribution is -2.00. The van der Waals surface area contributed by atoms with Gasteiger partial charge >= 0.3 is 0 Å². The zero-order valence-corrected chi connectivity index (χ0v) is 10.8. The Morgan fingerprint density at radius 1 is 1.16 bits per heavy atom. The van der Waals surface area contributed by atoms with Crippen molar-refractivity contribution in [3.05, 3.63) is 52.8 Å². The lowest BCUT2D eigenvalue weighted by atomic mass is 10.1. The molecule has 3 rings (SSSR count). The van der Waals surface area contributed by atoms with Crippen LogP contribution in [0.2, 0.25) is 5.02 Å². The van der Waals surface area contributed by atoms with E-state index in [1.165, 1.54) is 0 Å². The van der Waals surface area contributed by atoms with Crippen LogP contribution >= 0.6 is 11.6 Å². The zero-order chi connectivity index (χ0) is 13.4. The zero-order valence-electron chi connectivity index (χ0n) is 10.0. The van der Waals surface area contributed by atoms with Crippen molar-refractivity contribution in [3.63, 3.8) is 0 Å². The first-order valence-electron chi connectivity index (χ1n) is 5.76. The molecule has 0 amide bonds. The molecule has 0 saturated heterocycles. The fourth-order valence-electron chi connectivity index (χ4n) is 1.97. The van der Waals surface area contributed by atoms with E-state index < -0.39 is 0 Å². The molecular formula is C13H12ClN5. The minimum atomic E-state index is 0.375. The number of rotatable bonds is 2. The molecule has 6 heteroatoms. The highest BCUT2D eigenvalue weighted by atomic mass is 35.5. The third kappa shape index (κ3) is 2.32. The van der Waals surface area contributed by atoms with E-state index in [-0.39, 0.29) is 0 Å². The van der Waals surface area contributed by atoms with E-state index in [4.69, 9.17) is 23.1 Å². The number of fused-ring (bicyclic) bond motifs is 1. The summed E-state index contributed by atoms with van der Waals surface area (Å²) < 4.78 is 1.61. The van der Waals surface area contributed by atoms with Gasteiger partial charge in [0.2, 0.25) is 0 Å². The van der Waals surface area contributed by atoms with Gasteiger partial charge in [-0.15, -0.1) is 5.10 Å². The van der Waals surface area contributed by atoms with Crippen molar-refractivity contribution in [2.75, 3.05) is 11.5 Å². The minimum absolute atomic E-state index is 0.375. The van der Waals surface area contributed by atoms with Gasteiger partial charge in [0.1, 0.15) is 5.82 Å². The van der Waals surface area contributed by atoms with E-state index in [0.29, 0.717) is 23.6 Å². The topological polar surface area (TPSA) is 82.2 Å². The highest BCUT2D eigenvalue weighted by molar-refractivity contribution is 6.30. The van der Waals surface area contributed by atoms with Crippen molar-refractivity contribution in [1.29, 1.82) is 0 Å². The number of anilines is 2. The molecule has 0 atom stereocenters. The van der Waals surface area contributed by atoms with Gasteiger partial charge in [-0.1, -0.05) is 23.7 Å². The van der Waals surface area contributed by atoms with Crippen LogP contribution < -0.4 is 11.5 Å². The average molecular weight is 274 g/mol. The second-order valence-corrected chi connectivity index (χ2v) is 4.76. The summed E-state index contributed by atoms with van der Waals surface area (Å²) in [5, 5.41) is 4.86. The van der Waals surface area contributed by atoms with Crippen LogP contribution in [0.5, 0.6) is 0 Å². The Bertz CT molecular complexity index is 733. The molecule has 0 bridgehead atoms. The van der Waals surface area contributed by atoms with Crippen LogP contribution in [0.25, 0.3) is 5.65 Å². The number of aromatic nitrogens is 3. The van der Waals surface area contributed by atoms with E-state index in [2.05, 4.69) is 10.1 Å². The van der Waals surface area contributed by atoms with Crippen LogP contribution in [-0.4, -0.2) is 14.6 Å². The number of halogens is 1. The number of imidazole rings is 1. The molecule has 1 aromatic carbocycles. The Morgan fingerprint density at radius 2 is 1.89 bits per heavy atom. The molecule has 96 valence electrons. The predicted octanol–water partition coefficient (Wildman–Crippen LogP) is 2.14. The number of nitrogens with two attached hydrogens (primary N) is 2. The van der Waals surface area contributed by atoms with Crippen LogP contribution in [0.15, 0.2) is 36.5 Å². The fraction of sp³-hybridized carbons (Fsp3) is 0.0769. The summed E-state index contributed by atoms with van der Waals surface area (Å²) in [7, 11) is 0. The smallest absolute Gasteiger partial charge is 0.177 e. The summed E-state index contributed by atoms with van der Waals surface area (Å²) in [6.07, 6.45) is 2.52. The van der Waals surface area contributed by atoms with Crippen molar-refractivity contribution >= 4 is 28.8 Å². The fourth-order valence-corrected chi connectivity index (χ4v) is 2.09. The molecule has 0 fully saturated rings. The van der Waals surface area contributed by atoms with Gasteiger partial charge in [-0.05, 0) is 17.7 Å². The van der Waals surface area contributed by atoms with Gasteiger partial charge in [0.25, 0.3) is 0 Å². The highest BCUT2D eigenvalue weighted by Crippen LogP contribution is 2.17. The van der Waals surface area contributed by atoms with Gasteiger partial charge in [-0.2, -0.15) is 0 Å². The molecule has 0 unspecified atom stereocenters. The van der Waals surface area contributed by atoms with Crippen LogP contribution in [0.4, 0.5) is 11.5 Å². The Hall–Kier alpha value is -2.27. The molecule has 0 spiro atoms. The highest BCUT2D eigenvalue weighted by Gasteiger charge is 2.07. The second kappa shape index (κ2) is 4.44. The van der Waals surface area contributed by atoms with Gasteiger partial charge in [-0.3, -0.25) is 0 Å². The maximum atomic E-state index is 5.86. The number of nitrogen functional groups attached to an aromatic ring is 2. The molecule has 0 saturated carbocycles. The summed E-state index contributed by atoms with van der Waals surface area (Å²) in [5.74, 6) is 0.375. The third-order valence-electron chi connectivity index (χ3n) is 2.82. The van der Waals surface area contributed by atoms with Crippen LogP contribution in [0.1, 0.15) is 11.3 Å². The summed E-state index contributed by atoms with van der Waals surface area (Å²) in [6, 6.07) is 9.26. The number of benzene rings is 1. The number of nitrogens with zero attached hydrogens (tertiary/aromatic N) is 3. The largest absolute Gasteiger partial charge is 0.396 e. The summed E-state index contributed by atoms with van der Waals surface area (Å²) in [5.41, 5.74) is 14.7. The van der Waals surface area contributed by atoms with Crippen LogP contribution in [0.3, 0.4) is 0 Å². The molecule has 19 heavy (non-hydrogen) atoms. The second-order valence-electron chi connectivity index (χ2n) is 4.33. The van der Waals surface area contributed by atoms with E-state index in [9.17, 15) is 0 Å². The third-order valence-corrected chi connectivity index (χ3v) is 3.07. The van der Waals surface area contributed by atoms with Gasteiger partial charge in [0.15, 0.2) is 5.65 Å². The average Bonchev–Trinajstić information content (AvgIpc) is 2.75. The van der Waals surface area contributed by atoms with Crippen molar-refractivity contribution in [3.8, 4) is 0 Å². The van der Waals surface area contributed by atoms with E-state index >= 15 is 0 Å². The van der Waals surface area contributed by atoms with Gasteiger partial charge in [-0.25, -0.2) is 9.50 Å². The van der Waals surface area contributed by atoms with Crippen molar-refractivity contribution in [2.45, 2.75) is 6.42 Å².